The Labute approximate surface area is 119 Å². The summed E-state index contributed by atoms with van der Waals surface area (Å²) in [6.45, 7) is 11.9. The highest BCUT2D eigenvalue weighted by molar-refractivity contribution is 4.88. The molecule has 0 aromatic heterocycles. The Morgan fingerprint density at radius 2 is 1.63 bits per heavy atom. The van der Waals surface area contributed by atoms with E-state index < -0.39 is 0 Å². The van der Waals surface area contributed by atoms with E-state index in [9.17, 15) is 0 Å². The number of aliphatic hydroxyl groups excluding tert-OH is 1. The summed E-state index contributed by atoms with van der Waals surface area (Å²) < 4.78 is 0. The zero-order valence-electron chi connectivity index (χ0n) is 13.0. The third-order valence-electron chi connectivity index (χ3n) is 5.20. The minimum atomic E-state index is 0.706. The molecule has 0 unspecified atom stereocenters. The molecule has 2 fully saturated rings. The van der Waals surface area contributed by atoms with Crippen LogP contribution in [0.5, 0.6) is 0 Å². The Bertz CT molecular complexity index is 238. The Morgan fingerprint density at radius 3 is 2.11 bits per heavy atom. The number of hydrogen-bond donors (Lipinski definition) is 1. The molecule has 19 heavy (non-hydrogen) atoms. The van der Waals surface area contributed by atoms with Gasteiger partial charge in [-0.25, -0.2) is 0 Å². The average molecular weight is 267 g/mol. The lowest BCUT2D eigenvalue weighted by Crippen LogP contribution is -2.35. The third-order valence-corrected chi connectivity index (χ3v) is 5.20. The van der Waals surface area contributed by atoms with Crippen LogP contribution in [0.25, 0.3) is 0 Å². The molecular weight excluding hydrogens is 234 g/mol. The smallest absolute Gasteiger partial charge is 0.0719 e. The standard InChI is InChI=1S/C15H29N.C2H4O/c1-14(2)15(8-4-5-9-15)10-13-16-11-6-3-7-12-16;1-2-3/h14H,3-13H2,1-2H3;2-3H,1H2. The summed E-state index contributed by atoms with van der Waals surface area (Å²) in [4.78, 5) is 2.71. The number of hydrogen-bond acceptors (Lipinski definition) is 2. The predicted octanol–water partition coefficient (Wildman–Crippen LogP) is 4.77. The summed E-state index contributed by atoms with van der Waals surface area (Å²) >= 11 is 0. The number of nitrogens with zero attached hydrogens (tertiary/aromatic N) is 1. The Morgan fingerprint density at radius 1 is 1.11 bits per heavy atom. The molecule has 2 aliphatic rings. The molecule has 2 heteroatoms. The molecule has 1 heterocycles. The lowest BCUT2D eigenvalue weighted by atomic mass is 9.73. The predicted molar refractivity (Wildman–Crippen MR) is 83.5 cm³/mol. The number of aliphatic hydroxyl groups is 1. The second-order valence-corrected chi connectivity index (χ2v) is 6.56. The van der Waals surface area contributed by atoms with E-state index in [4.69, 9.17) is 5.11 Å². The van der Waals surface area contributed by atoms with Crippen LogP contribution < -0.4 is 0 Å². The van der Waals surface area contributed by atoms with Crippen LogP contribution in [0.4, 0.5) is 0 Å². The Balaban J connectivity index is 0.000000550. The van der Waals surface area contributed by atoms with Gasteiger partial charge in [-0.1, -0.05) is 39.7 Å². The van der Waals surface area contributed by atoms with Gasteiger partial charge in [0.1, 0.15) is 0 Å². The van der Waals surface area contributed by atoms with Crippen molar-refractivity contribution in [3.63, 3.8) is 0 Å². The van der Waals surface area contributed by atoms with Crippen molar-refractivity contribution < 1.29 is 5.11 Å². The molecule has 1 saturated heterocycles. The van der Waals surface area contributed by atoms with E-state index in [1.807, 2.05) is 0 Å². The SMILES string of the molecule is C=CO.CC(C)C1(CCN2CCCCC2)CCCC1. The van der Waals surface area contributed by atoms with Gasteiger partial charge in [0, 0.05) is 0 Å². The highest BCUT2D eigenvalue weighted by Gasteiger charge is 2.36. The van der Waals surface area contributed by atoms with Gasteiger partial charge in [-0.2, -0.15) is 0 Å². The summed E-state index contributed by atoms with van der Waals surface area (Å²) in [6.07, 6.45) is 12.5. The molecule has 0 amide bonds. The van der Waals surface area contributed by atoms with Crippen molar-refractivity contribution in [1.29, 1.82) is 0 Å². The Hall–Kier alpha value is -0.500. The van der Waals surface area contributed by atoms with Gasteiger partial charge in [-0.05, 0) is 63.1 Å². The molecule has 1 aliphatic carbocycles. The maximum Gasteiger partial charge on any atom is 0.0719 e. The number of likely N-dealkylation sites (tertiary alicyclic amines) is 1. The van der Waals surface area contributed by atoms with E-state index in [0.717, 1.165) is 12.2 Å². The van der Waals surface area contributed by atoms with Crippen molar-refractivity contribution in [3.8, 4) is 0 Å². The van der Waals surface area contributed by atoms with Gasteiger partial charge in [0.15, 0.2) is 0 Å². The first kappa shape index (κ1) is 16.6. The average Bonchev–Trinajstić information content (AvgIpc) is 2.89. The summed E-state index contributed by atoms with van der Waals surface area (Å²) in [6, 6.07) is 0. The van der Waals surface area contributed by atoms with Crippen molar-refractivity contribution in [2.75, 3.05) is 19.6 Å². The van der Waals surface area contributed by atoms with Crippen molar-refractivity contribution in [2.45, 2.75) is 65.2 Å². The van der Waals surface area contributed by atoms with Crippen LogP contribution in [0.3, 0.4) is 0 Å². The number of piperidine rings is 1. The monoisotopic (exact) mass is 267 g/mol. The van der Waals surface area contributed by atoms with Gasteiger partial charge < -0.3 is 10.0 Å². The van der Waals surface area contributed by atoms with Gasteiger partial charge in [-0.15, -0.1) is 0 Å². The molecule has 0 bridgehead atoms. The first-order chi connectivity index (χ1) is 9.14. The molecule has 0 aromatic carbocycles. The summed E-state index contributed by atoms with van der Waals surface area (Å²) in [5, 5.41) is 7.33. The molecule has 1 N–H and O–H groups in total. The molecule has 2 nitrogen and oxygen atoms in total. The normalized spacial score (nSPS) is 22.9. The zero-order valence-corrected chi connectivity index (χ0v) is 13.0. The molecular formula is C17H33NO. The maximum atomic E-state index is 7.33. The lowest BCUT2D eigenvalue weighted by Gasteiger charge is -2.36. The van der Waals surface area contributed by atoms with Gasteiger partial charge >= 0.3 is 0 Å². The fraction of sp³-hybridized carbons (Fsp3) is 0.882. The molecule has 0 aromatic rings. The van der Waals surface area contributed by atoms with E-state index in [1.54, 1.807) is 0 Å². The minimum absolute atomic E-state index is 0.706. The first-order valence-electron chi connectivity index (χ1n) is 8.12. The highest BCUT2D eigenvalue weighted by Crippen LogP contribution is 2.47. The van der Waals surface area contributed by atoms with E-state index >= 15 is 0 Å². The molecule has 1 aliphatic heterocycles. The highest BCUT2D eigenvalue weighted by atomic mass is 16.2. The molecule has 112 valence electrons. The second kappa shape index (κ2) is 8.63. The van der Waals surface area contributed by atoms with Crippen molar-refractivity contribution >= 4 is 0 Å². The molecule has 0 atom stereocenters. The number of rotatable bonds is 4. The topological polar surface area (TPSA) is 23.5 Å². The second-order valence-electron chi connectivity index (χ2n) is 6.56. The van der Waals surface area contributed by atoms with Gasteiger partial charge in [0.2, 0.25) is 0 Å². The quantitative estimate of drug-likeness (QED) is 0.742. The van der Waals surface area contributed by atoms with E-state index in [-0.39, 0.29) is 0 Å². The van der Waals surface area contributed by atoms with Crippen LogP contribution in [0, 0.1) is 11.3 Å². The van der Waals surface area contributed by atoms with E-state index in [0.29, 0.717) is 5.41 Å². The molecule has 1 saturated carbocycles. The molecule has 0 radical (unpaired) electrons. The third kappa shape index (κ3) is 5.18. The fourth-order valence-electron chi connectivity index (χ4n) is 3.76. The minimum Gasteiger partial charge on any atom is -0.516 e. The lowest BCUT2D eigenvalue weighted by molar-refractivity contribution is 0.131. The van der Waals surface area contributed by atoms with Gasteiger partial charge in [0.25, 0.3) is 0 Å². The van der Waals surface area contributed by atoms with Crippen LogP contribution in [-0.2, 0) is 0 Å². The van der Waals surface area contributed by atoms with Crippen LogP contribution in [0.2, 0.25) is 0 Å². The first-order valence-corrected chi connectivity index (χ1v) is 8.12. The van der Waals surface area contributed by atoms with E-state index in [2.05, 4.69) is 25.3 Å². The van der Waals surface area contributed by atoms with Gasteiger partial charge in [0.05, 0.1) is 6.26 Å². The maximum absolute atomic E-state index is 7.33. The Kier molecular flexibility index (Phi) is 7.52. The van der Waals surface area contributed by atoms with Crippen molar-refractivity contribution in [2.24, 2.45) is 11.3 Å². The zero-order chi connectivity index (χ0) is 14.1. The van der Waals surface area contributed by atoms with Crippen LogP contribution in [-0.4, -0.2) is 29.6 Å². The fourth-order valence-corrected chi connectivity index (χ4v) is 3.76. The summed E-state index contributed by atoms with van der Waals surface area (Å²) in [5.74, 6) is 0.889. The van der Waals surface area contributed by atoms with E-state index in [1.165, 1.54) is 71.0 Å². The van der Waals surface area contributed by atoms with Gasteiger partial charge in [-0.3, -0.25) is 0 Å². The molecule has 0 spiro atoms. The molecule has 2 rings (SSSR count). The van der Waals surface area contributed by atoms with Crippen molar-refractivity contribution in [3.05, 3.63) is 12.8 Å². The summed E-state index contributed by atoms with van der Waals surface area (Å²) in [7, 11) is 0. The van der Waals surface area contributed by atoms with Crippen molar-refractivity contribution in [1.82, 2.24) is 4.90 Å². The van der Waals surface area contributed by atoms with Crippen LogP contribution in [0.1, 0.15) is 65.2 Å². The summed E-state index contributed by atoms with van der Waals surface area (Å²) in [5.41, 5.74) is 0.706. The van der Waals surface area contributed by atoms with Crippen LogP contribution in [0.15, 0.2) is 12.8 Å². The largest absolute Gasteiger partial charge is 0.516 e. The van der Waals surface area contributed by atoms with Crippen LogP contribution >= 0.6 is 0 Å².